The number of rotatable bonds is 3. The van der Waals surface area contributed by atoms with Crippen molar-refractivity contribution in [1.82, 2.24) is 4.90 Å². The summed E-state index contributed by atoms with van der Waals surface area (Å²) in [5, 5.41) is 20.3. The highest BCUT2D eigenvalue weighted by atomic mass is 16.4. The first-order chi connectivity index (χ1) is 7.60. The van der Waals surface area contributed by atoms with Crippen LogP contribution in [0.4, 0.5) is 0 Å². The molecule has 0 radical (unpaired) electrons. The molecular weight excluding hydrogens is 210 g/mol. The molecule has 0 spiro atoms. The van der Waals surface area contributed by atoms with Crippen LogP contribution in [0.3, 0.4) is 0 Å². The molecule has 0 aromatic carbocycles. The van der Waals surface area contributed by atoms with E-state index in [1.165, 1.54) is 0 Å². The summed E-state index contributed by atoms with van der Waals surface area (Å²) < 4.78 is 0. The number of aliphatic hydroxyl groups excluding tert-OH is 1. The van der Waals surface area contributed by atoms with Crippen molar-refractivity contribution in [1.29, 1.82) is 0 Å². The molecule has 0 aliphatic carbocycles. The van der Waals surface area contributed by atoms with Gasteiger partial charge in [0.2, 0.25) is 5.91 Å². The topological polar surface area (TPSA) is 99.2 Å². The first-order valence-corrected chi connectivity index (χ1v) is 5.47. The van der Waals surface area contributed by atoms with Crippen LogP contribution in [-0.2, 0) is 4.79 Å². The predicted octanol–water partition coefficient (Wildman–Crippen LogP) is -0.400. The van der Waals surface area contributed by atoms with Gasteiger partial charge >= 0.3 is 0 Å². The second kappa shape index (κ2) is 5.69. The molecular formula is C10H19N3O3. The van der Waals surface area contributed by atoms with Gasteiger partial charge in [-0.05, 0) is 25.7 Å². The molecule has 1 unspecified atom stereocenters. The fraction of sp³-hybridized carbons (Fsp3) is 0.800. The van der Waals surface area contributed by atoms with E-state index in [1.54, 1.807) is 11.8 Å². The molecule has 0 aromatic rings. The van der Waals surface area contributed by atoms with Crippen LogP contribution in [0.25, 0.3) is 0 Å². The van der Waals surface area contributed by atoms with Crippen molar-refractivity contribution < 1.29 is 15.1 Å². The third-order valence-electron chi connectivity index (χ3n) is 3.11. The molecule has 6 nitrogen and oxygen atoms in total. The Morgan fingerprint density at radius 3 is 2.56 bits per heavy atom. The van der Waals surface area contributed by atoms with Gasteiger partial charge < -0.3 is 20.9 Å². The summed E-state index contributed by atoms with van der Waals surface area (Å²) in [5.74, 6) is -0.472. The minimum Gasteiger partial charge on any atom is -0.409 e. The Balaban J connectivity index is 2.50. The lowest BCUT2D eigenvalue weighted by atomic mass is 9.96. The van der Waals surface area contributed by atoms with E-state index < -0.39 is 5.92 Å². The molecule has 0 aromatic heterocycles. The van der Waals surface area contributed by atoms with Crippen molar-refractivity contribution in [2.75, 3.05) is 19.7 Å². The molecule has 4 N–H and O–H groups in total. The van der Waals surface area contributed by atoms with Crippen LogP contribution in [0, 0.1) is 11.8 Å². The minimum absolute atomic E-state index is 0.0609. The Morgan fingerprint density at radius 1 is 1.56 bits per heavy atom. The maximum absolute atomic E-state index is 11.9. The van der Waals surface area contributed by atoms with Crippen LogP contribution in [0.2, 0.25) is 0 Å². The monoisotopic (exact) mass is 229 g/mol. The first-order valence-electron chi connectivity index (χ1n) is 5.47. The average Bonchev–Trinajstić information content (AvgIpc) is 2.36. The fourth-order valence-corrected chi connectivity index (χ4v) is 1.82. The average molecular weight is 229 g/mol. The van der Waals surface area contributed by atoms with Gasteiger partial charge in [-0.3, -0.25) is 4.79 Å². The molecule has 1 rings (SSSR count). The molecule has 1 fully saturated rings. The molecule has 1 amide bonds. The lowest BCUT2D eigenvalue weighted by Gasteiger charge is -2.32. The third-order valence-corrected chi connectivity index (χ3v) is 3.11. The van der Waals surface area contributed by atoms with Gasteiger partial charge in [0.1, 0.15) is 0 Å². The van der Waals surface area contributed by atoms with Crippen molar-refractivity contribution in [3.8, 4) is 0 Å². The molecule has 92 valence electrons. The van der Waals surface area contributed by atoms with Gasteiger partial charge in [0.25, 0.3) is 0 Å². The van der Waals surface area contributed by atoms with Gasteiger partial charge in [0, 0.05) is 19.7 Å². The Hall–Kier alpha value is -1.30. The van der Waals surface area contributed by atoms with E-state index in [-0.39, 0.29) is 18.3 Å². The smallest absolute Gasteiger partial charge is 0.233 e. The maximum Gasteiger partial charge on any atom is 0.233 e. The molecule has 0 bridgehead atoms. The largest absolute Gasteiger partial charge is 0.409 e. The summed E-state index contributed by atoms with van der Waals surface area (Å²) in [4.78, 5) is 13.6. The molecule has 16 heavy (non-hydrogen) atoms. The molecule has 1 aliphatic heterocycles. The Kier molecular flexibility index (Phi) is 4.54. The highest BCUT2D eigenvalue weighted by molar-refractivity contribution is 6.01. The van der Waals surface area contributed by atoms with Crippen molar-refractivity contribution in [2.45, 2.75) is 19.8 Å². The van der Waals surface area contributed by atoms with E-state index >= 15 is 0 Å². The molecule has 1 atom stereocenters. The van der Waals surface area contributed by atoms with E-state index in [2.05, 4.69) is 5.16 Å². The highest BCUT2D eigenvalue weighted by Gasteiger charge is 2.27. The Morgan fingerprint density at radius 2 is 2.12 bits per heavy atom. The highest BCUT2D eigenvalue weighted by Crippen LogP contribution is 2.18. The minimum atomic E-state index is -0.587. The number of nitrogens with zero attached hydrogens (tertiary/aromatic N) is 2. The lowest BCUT2D eigenvalue weighted by Crippen LogP contribution is -2.45. The fourth-order valence-electron chi connectivity index (χ4n) is 1.82. The number of amidine groups is 1. The van der Waals surface area contributed by atoms with Gasteiger partial charge in [0.05, 0.1) is 5.92 Å². The number of carbonyl (C=O) groups is 1. The number of aliphatic hydroxyl groups is 1. The number of carbonyl (C=O) groups excluding carboxylic acids is 1. The van der Waals surface area contributed by atoms with E-state index in [0.717, 1.165) is 12.8 Å². The van der Waals surface area contributed by atoms with Crippen LogP contribution >= 0.6 is 0 Å². The first kappa shape index (κ1) is 12.8. The molecule has 1 saturated heterocycles. The molecule has 0 saturated carbocycles. The van der Waals surface area contributed by atoms with Crippen molar-refractivity contribution in [2.24, 2.45) is 22.7 Å². The van der Waals surface area contributed by atoms with Gasteiger partial charge in [-0.2, -0.15) is 0 Å². The van der Waals surface area contributed by atoms with Crippen LogP contribution in [-0.4, -0.2) is 46.7 Å². The van der Waals surface area contributed by atoms with Gasteiger partial charge in [0.15, 0.2) is 5.84 Å². The van der Waals surface area contributed by atoms with E-state index in [4.69, 9.17) is 16.0 Å². The second-order valence-electron chi connectivity index (χ2n) is 4.20. The summed E-state index contributed by atoms with van der Waals surface area (Å²) in [6, 6.07) is 0. The van der Waals surface area contributed by atoms with E-state index in [9.17, 15) is 4.79 Å². The van der Waals surface area contributed by atoms with Gasteiger partial charge in [-0.1, -0.05) is 5.16 Å². The summed E-state index contributed by atoms with van der Waals surface area (Å²) in [7, 11) is 0. The van der Waals surface area contributed by atoms with Crippen LogP contribution in [0.1, 0.15) is 19.8 Å². The zero-order valence-electron chi connectivity index (χ0n) is 9.46. The van der Waals surface area contributed by atoms with Crippen molar-refractivity contribution >= 4 is 11.7 Å². The van der Waals surface area contributed by atoms with Crippen LogP contribution in [0.5, 0.6) is 0 Å². The van der Waals surface area contributed by atoms with Gasteiger partial charge in [-0.25, -0.2) is 0 Å². The number of nitrogens with two attached hydrogens (primary N) is 1. The number of piperidine rings is 1. The molecule has 1 heterocycles. The van der Waals surface area contributed by atoms with Crippen molar-refractivity contribution in [3.05, 3.63) is 0 Å². The number of amides is 1. The SMILES string of the molecule is CC(C(=O)N1CCC(CO)CC1)C(N)=NO. The molecule has 6 heteroatoms. The second-order valence-corrected chi connectivity index (χ2v) is 4.20. The molecule has 1 aliphatic rings. The van der Waals surface area contributed by atoms with E-state index in [0.29, 0.717) is 19.0 Å². The quantitative estimate of drug-likeness (QED) is 0.265. The Bertz CT molecular complexity index is 272. The number of oxime groups is 1. The summed E-state index contributed by atoms with van der Waals surface area (Å²) in [6.07, 6.45) is 1.62. The number of hydrogen-bond donors (Lipinski definition) is 3. The normalized spacial score (nSPS) is 20.9. The van der Waals surface area contributed by atoms with E-state index in [1.807, 2.05) is 0 Å². The van der Waals surface area contributed by atoms with Crippen LogP contribution < -0.4 is 5.73 Å². The maximum atomic E-state index is 11.9. The Labute approximate surface area is 94.7 Å². The zero-order chi connectivity index (χ0) is 12.1. The summed E-state index contributed by atoms with van der Waals surface area (Å²) >= 11 is 0. The van der Waals surface area contributed by atoms with Crippen LogP contribution in [0.15, 0.2) is 5.16 Å². The predicted molar refractivity (Wildman–Crippen MR) is 59.0 cm³/mol. The lowest BCUT2D eigenvalue weighted by molar-refractivity contribution is -0.134. The number of likely N-dealkylation sites (tertiary alicyclic amines) is 1. The van der Waals surface area contributed by atoms with Crippen molar-refractivity contribution in [3.63, 3.8) is 0 Å². The summed E-state index contributed by atoms with van der Waals surface area (Å²) in [6.45, 7) is 3.06. The standard InChI is InChI=1S/C10H19N3O3/c1-7(9(11)12-16)10(15)13-4-2-8(6-14)3-5-13/h7-8,14,16H,2-6H2,1H3,(H2,11,12). The zero-order valence-corrected chi connectivity index (χ0v) is 9.46. The van der Waals surface area contributed by atoms with Gasteiger partial charge in [-0.15, -0.1) is 0 Å². The third kappa shape index (κ3) is 2.85. The number of hydrogen-bond acceptors (Lipinski definition) is 4. The summed E-state index contributed by atoms with van der Waals surface area (Å²) in [5.41, 5.74) is 5.39.